The highest BCUT2D eigenvalue weighted by atomic mass is 16.5. The van der Waals surface area contributed by atoms with Crippen molar-refractivity contribution in [1.29, 1.82) is 0 Å². The number of rotatable bonds is 2. The molecule has 2 heterocycles. The smallest absolute Gasteiger partial charge is 0.245 e. The van der Waals surface area contributed by atoms with Gasteiger partial charge in [-0.3, -0.25) is 4.79 Å². The summed E-state index contributed by atoms with van der Waals surface area (Å²) in [6.45, 7) is 7.23. The zero-order chi connectivity index (χ0) is 12.5. The molecule has 4 heteroatoms. The van der Waals surface area contributed by atoms with Crippen molar-refractivity contribution in [2.75, 3.05) is 26.3 Å². The number of piperidine rings is 1. The van der Waals surface area contributed by atoms with Crippen molar-refractivity contribution in [3.8, 4) is 0 Å². The van der Waals surface area contributed by atoms with Gasteiger partial charge in [0.1, 0.15) is 5.54 Å². The number of ether oxygens (including phenoxy) is 1. The third kappa shape index (κ3) is 2.47. The molecule has 2 saturated heterocycles. The van der Waals surface area contributed by atoms with Crippen LogP contribution in [0, 0.1) is 5.41 Å². The van der Waals surface area contributed by atoms with Gasteiger partial charge in [0, 0.05) is 19.7 Å². The lowest BCUT2D eigenvalue weighted by atomic mass is 9.78. The van der Waals surface area contributed by atoms with E-state index in [0.29, 0.717) is 25.0 Å². The second kappa shape index (κ2) is 4.58. The Balaban J connectivity index is 1.94. The van der Waals surface area contributed by atoms with E-state index in [4.69, 9.17) is 10.5 Å². The van der Waals surface area contributed by atoms with Gasteiger partial charge in [0.05, 0.1) is 6.61 Å². The van der Waals surface area contributed by atoms with Gasteiger partial charge in [-0.2, -0.15) is 0 Å². The van der Waals surface area contributed by atoms with Gasteiger partial charge < -0.3 is 15.4 Å². The van der Waals surface area contributed by atoms with E-state index >= 15 is 0 Å². The van der Waals surface area contributed by atoms with E-state index in [9.17, 15) is 4.79 Å². The topological polar surface area (TPSA) is 55.6 Å². The predicted octanol–water partition coefficient (Wildman–Crippen LogP) is 1.14. The third-order valence-electron chi connectivity index (χ3n) is 4.59. The molecule has 0 radical (unpaired) electrons. The lowest BCUT2D eigenvalue weighted by molar-refractivity contribution is -0.139. The highest BCUT2D eigenvalue weighted by Crippen LogP contribution is 2.34. The first kappa shape index (κ1) is 12.8. The Morgan fingerprint density at radius 2 is 2.00 bits per heavy atom. The van der Waals surface area contributed by atoms with Gasteiger partial charge in [-0.25, -0.2) is 0 Å². The molecule has 0 aromatic carbocycles. The summed E-state index contributed by atoms with van der Waals surface area (Å²) in [5, 5.41) is 0. The molecule has 1 unspecified atom stereocenters. The van der Waals surface area contributed by atoms with E-state index < -0.39 is 5.54 Å². The zero-order valence-electron chi connectivity index (χ0n) is 11.0. The maximum absolute atomic E-state index is 12.3. The summed E-state index contributed by atoms with van der Waals surface area (Å²) in [6, 6.07) is 0. The molecule has 0 saturated carbocycles. The average molecular weight is 240 g/mol. The molecule has 0 aliphatic carbocycles. The summed E-state index contributed by atoms with van der Waals surface area (Å²) in [5.41, 5.74) is 5.77. The number of nitrogens with two attached hydrogens (primary N) is 1. The van der Waals surface area contributed by atoms with E-state index in [2.05, 4.69) is 13.8 Å². The first-order chi connectivity index (χ1) is 7.99. The van der Waals surface area contributed by atoms with Crippen LogP contribution in [-0.2, 0) is 9.53 Å². The SMILES string of the molecule is CCC1(C)CCN(C(=O)C2(N)CCOC2)CC1. The maximum atomic E-state index is 12.3. The monoisotopic (exact) mass is 240 g/mol. The third-order valence-corrected chi connectivity index (χ3v) is 4.59. The minimum Gasteiger partial charge on any atom is -0.379 e. The Morgan fingerprint density at radius 1 is 1.35 bits per heavy atom. The van der Waals surface area contributed by atoms with Gasteiger partial charge in [0.15, 0.2) is 0 Å². The Morgan fingerprint density at radius 3 is 2.47 bits per heavy atom. The highest BCUT2D eigenvalue weighted by molar-refractivity contribution is 5.86. The second-order valence-corrected chi connectivity index (χ2v) is 5.92. The van der Waals surface area contributed by atoms with E-state index in [1.54, 1.807) is 0 Å². The summed E-state index contributed by atoms with van der Waals surface area (Å²) in [7, 11) is 0. The van der Waals surface area contributed by atoms with Crippen molar-refractivity contribution in [2.45, 2.75) is 45.1 Å². The quantitative estimate of drug-likeness (QED) is 0.787. The van der Waals surface area contributed by atoms with Gasteiger partial charge in [0.2, 0.25) is 5.91 Å². The molecule has 4 nitrogen and oxygen atoms in total. The van der Waals surface area contributed by atoms with Gasteiger partial charge in [-0.05, 0) is 24.7 Å². The van der Waals surface area contributed by atoms with Crippen molar-refractivity contribution >= 4 is 5.91 Å². The van der Waals surface area contributed by atoms with Crippen LogP contribution in [0.2, 0.25) is 0 Å². The number of hydrogen-bond donors (Lipinski definition) is 1. The van der Waals surface area contributed by atoms with Crippen LogP contribution in [0.15, 0.2) is 0 Å². The first-order valence-electron chi connectivity index (χ1n) is 6.65. The highest BCUT2D eigenvalue weighted by Gasteiger charge is 2.42. The second-order valence-electron chi connectivity index (χ2n) is 5.92. The number of hydrogen-bond acceptors (Lipinski definition) is 3. The molecule has 98 valence electrons. The summed E-state index contributed by atoms with van der Waals surface area (Å²) in [6.07, 6.45) is 4.03. The molecular formula is C13H24N2O2. The number of nitrogens with zero attached hydrogens (tertiary/aromatic N) is 1. The van der Waals surface area contributed by atoms with E-state index in [0.717, 1.165) is 25.9 Å². The maximum Gasteiger partial charge on any atom is 0.245 e. The first-order valence-corrected chi connectivity index (χ1v) is 6.65. The molecule has 2 rings (SSSR count). The molecule has 2 aliphatic rings. The summed E-state index contributed by atoms with van der Waals surface area (Å²) in [5.74, 6) is 0.0909. The minimum absolute atomic E-state index is 0.0909. The molecule has 0 bridgehead atoms. The molecule has 2 N–H and O–H groups in total. The van der Waals surface area contributed by atoms with Gasteiger partial charge in [0.25, 0.3) is 0 Å². The fraction of sp³-hybridized carbons (Fsp3) is 0.923. The lowest BCUT2D eigenvalue weighted by Gasteiger charge is -2.41. The zero-order valence-corrected chi connectivity index (χ0v) is 11.0. The van der Waals surface area contributed by atoms with Crippen LogP contribution in [0.25, 0.3) is 0 Å². The van der Waals surface area contributed by atoms with E-state index in [1.807, 2.05) is 4.90 Å². The van der Waals surface area contributed by atoms with Crippen molar-refractivity contribution < 1.29 is 9.53 Å². The van der Waals surface area contributed by atoms with Gasteiger partial charge >= 0.3 is 0 Å². The van der Waals surface area contributed by atoms with Gasteiger partial charge in [-0.1, -0.05) is 20.3 Å². The molecule has 1 atom stereocenters. The van der Waals surface area contributed by atoms with Crippen molar-refractivity contribution in [2.24, 2.45) is 11.1 Å². The van der Waals surface area contributed by atoms with Crippen LogP contribution in [0.3, 0.4) is 0 Å². The minimum atomic E-state index is -0.750. The molecular weight excluding hydrogens is 216 g/mol. The van der Waals surface area contributed by atoms with Gasteiger partial charge in [-0.15, -0.1) is 0 Å². The molecule has 0 aromatic heterocycles. The number of carbonyl (C=O) groups is 1. The molecule has 0 aromatic rings. The number of likely N-dealkylation sites (tertiary alicyclic amines) is 1. The van der Waals surface area contributed by atoms with E-state index in [-0.39, 0.29) is 5.91 Å². The summed E-state index contributed by atoms with van der Waals surface area (Å²) >= 11 is 0. The van der Waals surface area contributed by atoms with Crippen molar-refractivity contribution in [1.82, 2.24) is 4.90 Å². The Hall–Kier alpha value is -0.610. The standard InChI is InChI=1S/C13H24N2O2/c1-3-12(2)4-7-15(8-5-12)11(16)13(14)6-9-17-10-13/h3-10,14H2,1-2H3. The van der Waals surface area contributed by atoms with Crippen LogP contribution in [0.5, 0.6) is 0 Å². The Labute approximate surface area is 103 Å². The predicted molar refractivity (Wildman–Crippen MR) is 66.6 cm³/mol. The lowest BCUT2D eigenvalue weighted by Crippen LogP contribution is -2.58. The molecule has 0 spiro atoms. The van der Waals surface area contributed by atoms with Crippen LogP contribution in [0.4, 0.5) is 0 Å². The molecule has 17 heavy (non-hydrogen) atoms. The summed E-state index contributed by atoms with van der Waals surface area (Å²) < 4.78 is 5.26. The van der Waals surface area contributed by atoms with Crippen LogP contribution in [-0.4, -0.2) is 42.6 Å². The van der Waals surface area contributed by atoms with Crippen molar-refractivity contribution in [3.63, 3.8) is 0 Å². The van der Waals surface area contributed by atoms with Crippen LogP contribution >= 0.6 is 0 Å². The normalized spacial score (nSPS) is 32.8. The fourth-order valence-corrected chi connectivity index (χ4v) is 2.67. The molecule has 2 aliphatic heterocycles. The molecule has 2 fully saturated rings. The number of carbonyl (C=O) groups excluding carboxylic acids is 1. The molecule has 1 amide bonds. The Bertz CT molecular complexity index is 290. The van der Waals surface area contributed by atoms with Crippen LogP contribution < -0.4 is 5.73 Å². The average Bonchev–Trinajstić information content (AvgIpc) is 2.78. The van der Waals surface area contributed by atoms with Crippen LogP contribution in [0.1, 0.15) is 39.5 Å². The Kier molecular flexibility index (Phi) is 3.46. The summed E-state index contributed by atoms with van der Waals surface area (Å²) in [4.78, 5) is 14.3. The number of amides is 1. The largest absolute Gasteiger partial charge is 0.379 e. The fourth-order valence-electron chi connectivity index (χ4n) is 2.67. The van der Waals surface area contributed by atoms with E-state index in [1.165, 1.54) is 6.42 Å². The van der Waals surface area contributed by atoms with Crippen molar-refractivity contribution in [3.05, 3.63) is 0 Å².